The van der Waals surface area contributed by atoms with Gasteiger partial charge in [-0.05, 0) is 48.9 Å². The number of fused-ring (bicyclic) bond motifs is 2. The maximum Gasteiger partial charge on any atom is 0.281 e. The van der Waals surface area contributed by atoms with Gasteiger partial charge in [-0.15, -0.1) is 11.3 Å². The maximum atomic E-state index is 12.3. The van der Waals surface area contributed by atoms with E-state index in [2.05, 4.69) is 27.4 Å². The fourth-order valence-electron chi connectivity index (χ4n) is 3.06. The van der Waals surface area contributed by atoms with Crippen molar-refractivity contribution in [3.63, 3.8) is 0 Å². The van der Waals surface area contributed by atoms with Gasteiger partial charge in [0.2, 0.25) is 0 Å². The number of carbonyl (C=O) groups is 1. The highest BCUT2D eigenvalue weighted by molar-refractivity contribution is 7.14. The van der Waals surface area contributed by atoms with E-state index in [1.807, 2.05) is 30.3 Å². The molecule has 1 atom stereocenters. The number of para-hydroxylation sites is 2. The van der Waals surface area contributed by atoms with Crippen LogP contribution in [0.25, 0.3) is 11.0 Å². The molecule has 5 nitrogen and oxygen atoms in total. The zero-order chi connectivity index (χ0) is 17.2. The second-order valence-corrected chi connectivity index (χ2v) is 7.53. The van der Waals surface area contributed by atoms with Crippen LogP contribution in [-0.4, -0.2) is 22.1 Å². The lowest BCUT2D eigenvalue weighted by molar-refractivity contribution is 0.0959. The quantitative estimate of drug-likeness (QED) is 0.580. The Bertz CT molecular complexity index is 963. The van der Waals surface area contributed by atoms with E-state index in [1.165, 1.54) is 23.1 Å². The second kappa shape index (κ2) is 6.72. The number of thiophene rings is 1. The highest BCUT2D eigenvalue weighted by Gasteiger charge is 2.20. The van der Waals surface area contributed by atoms with E-state index < -0.39 is 0 Å². The van der Waals surface area contributed by atoms with Crippen molar-refractivity contribution in [3.8, 4) is 0 Å². The monoisotopic (exact) mass is 350 g/mol. The molecule has 25 heavy (non-hydrogen) atoms. The normalized spacial score (nSPS) is 16.9. The smallest absolute Gasteiger partial charge is 0.266 e. The average Bonchev–Trinajstić information content (AvgIpc) is 3.05. The van der Waals surface area contributed by atoms with Crippen molar-refractivity contribution in [2.75, 3.05) is 0 Å². The summed E-state index contributed by atoms with van der Waals surface area (Å²) in [7, 11) is 0. The first kappa shape index (κ1) is 15.9. The van der Waals surface area contributed by atoms with Gasteiger partial charge in [-0.1, -0.05) is 19.1 Å². The molecule has 0 unspecified atom stereocenters. The van der Waals surface area contributed by atoms with Gasteiger partial charge in [0, 0.05) is 4.88 Å². The topological polar surface area (TPSA) is 67.2 Å². The molecule has 1 aliphatic rings. The Hall–Kier alpha value is -2.60. The summed E-state index contributed by atoms with van der Waals surface area (Å²) in [5, 5.41) is 4.03. The molecule has 6 heteroatoms. The van der Waals surface area contributed by atoms with Crippen LogP contribution in [0.15, 0.2) is 41.6 Å². The van der Waals surface area contributed by atoms with E-state index in [4.69, 9.17) is 0 Å². The van der Waals surface area contributed by atoms with E-state index in [0.717, 1.165) is 28.8 Å². The first-order valence-electron chi connectivity index (χ1n) is 8.36. The van der Waals surface area contributed by atoms with Gasteiger partial charge >= 0.3 is 0 Å². The molecule has 0 saturated carbocycles. The lowest BCUT2D eigenvalue weighted by Gasteiger charge is -2.16. The number of carbonyl (C=O) groups excluding carboxylic acids is 1. The predicted octanol–water partition coefficient (Wildman–Crippen LogP) is 3.58. The number of hydrogen-bond acceptors (Lipinski definition) is 5. The van der Waals surface area contributed by atoms with Gasteiger partial charge in [0.25, 0.3) is 5.91 Å². The van der Waals surface area contributed by atoms with Crippen LogP contribution in [0.2, 0.25) is 0 Å². The van der Waals surface area contributed by atoms with Gasteiger partial charge in [0.1, 0.15) is 5.69 Å². The Labute approximate surface area is 149 Å². The van der Waals surface area contributed by atoms with Gasteiger partial charge < -0.3 is 0 Å². The predicted molar refractivity (Wildman–Crippen MR) is 100 cm³/mol. The molecular weight excluding hydrogens is 332 g/mol. The van der Waals surface area contributed by atoms with Crippen molar-refractivity contribution in [3.05, 3.63) is 57.5 Å². The highest BCUT2D eigenvalue weighted by Crippen LogP contribution is 2.32. The molecule has 1 aromatic carbocycles. The fraction of sp³-hybridized carbons (Fsp3) is 0.263. The molecule has 0 aliphatic heterocycles. The van der Waals surface area contributed by atoms with Gasteiger partial charge in [-0.3, -0.25) is 9.78 Å². The molecule has 1 aliphatic carbocycles. The summed E-state index contributed by atoms with van der Waals surface area (Å²) in [5.41, 5.74) is 6.16. The number of aromatic nitrogens is 2. The van der Waals surface area contributed by atoms with Crippen LogP contribution < -0.4 is 5.43 Å². The largest absolute Gasteiger partial charge is 0.281 e. The highest BCUT2D eigenvalue weighted by atomic mass is 32.1. The minimum Gasteiger partial charge on any atom is -0.266 e. The van der Waals surface area contributed by atoms with Crippen molar-refractivity contribution in [1.29, 1.82) is 0 Å². The third kappa shape index (κ3) is 3.44. The number of nitrogens with one attached hydrogen (secondary N) is 1. The summed E-state index contributed by atoms with van der Waals surface area (Å²) in [6.07, 6.45) is 6.50. The van der Waals surface area contributed by atoms with Gasteiger partial charge in [0.05, 0.1) is 28.3 Å². The summed E-state index contributed by atoms with van der Waals surface area (Å²) >= 11 is 1.58. The molecular formula is C19H18N4OS. The molecule has 0 spiro atoms. The maximum absolute atomic E-state index is 12.3. The second-order valence-electron chi connectivity index (χ2n) is 6.39. The zero-order valence-electron chi connectivity index (χ0n) is 13.9. The molecule has 0 bridgehead atoms. The molecule has 0 saturated heterocycles. The van der Waals surface area contributed by atoms with Crippen molar-refractivity contribution in [1.82, 2.24) is 15.4 Å². The van der Waals surface area contributed by atoms with Crippen LogP contribution in [0.3, 0.4) is 0 Å². The number of benzene rings is 1. The Morgan fingerprint density at radius 3 is 3.08 bits per heavy atom. The first-order valence-corrected chi connectivity index (χ1v) is 9.17. The number of aryl methyl sites for hydroxylation is 1. The molecule has 1 amide bonds. The molecule has 1 N–H and O–H groups in total. The summed E-state index contributed by atoms with van der Waals surface area (Å²) in [5.74, 6) is 0.527. The first-order chi connectivity index (χ1) is 12.2. The summed E-state index contributed by atoms with van der Waals surface area (Å²) < 4.78 is 0. The van der Waals surface area contributed by atoms with Crippen molar-refractivity contribution in [2.45, 2.75) is 26.2 Å². The number of rotatable bonds is 3. The molecule has 3 aromatic rings. The third-order valence-electron chi connectivity index (χ3n) is 4.38. The van der Waals surface area contributed by atoms with E-state index in [0.29, 0.717) is 11.6 Å². The van der Waals surface area contributed by atoms with Crippen LogP contribution in [0, 0.1) is 5.92 Å². The SMILES string of the molecule is C[C@@H]1CCc2sc(C(=O)N/N=C\c3cnc4ccccc4n3)cc2C1. The van der Waals surface area contributed by atoms with Crippen molar-refractivity contribution < 1.29 is 4.79 Å². The lowest BCUT2D eigenvalue weighted by atomic mass is 9.90. The van der Waals surface area contributed by atoms with Crippen LogP contribution in [0.1, 0.15) is 39.2 Å². The van der Waals surface area contributed by atoms with Crippen LogP contribution >= 0.6 is 11.3 Å². The van der Waals surface area contributed by atoms with Crippen LogP contribution in [0.5, 0.6) is 0 Å². The third-order valence-corrected chi connectivity index (χ3v) is 5.62. The molecule has 0 radical (unpaired) electrons. The van der Waals surface area contributed by atoms with E-state index in [-0.39, 0.29) is 5.91 Å². The van der Waals surface area contributed by atoms with E-state index in [1.54, 1.807) is 17.5 Å². The number of amides is 1. The summed E-state index contributed by atoms with van der Waals surface area (Å²) in [6, 6.07) is 9.65. The molecule has 4 rings (SSSR count). The zero-order valence-corrected chi connectivity index (χ0v) is 14.7. The van der Waals surface area contributed by atoms with Crippen molar-refractivity contribution in [2.24, 2.45) is 11.0 Å². The summed E-state index contributed by atoms with van der Waals surface area (Å²) in [4.78, 5) is 23.1. The van der Waals surface area contributed by atoms with Gasteiger partial charge in [-0.25, -0.2) is 10.4 Å². The van der Waals surface area contributed by atoms with E-state index >= 15 is 0 Å². The standard InChI is InChI=1S/C19H18N4OS/c1-12-6-7-17-13(8-12)9-18(25-17)19(24)23-21-11-14-10-20-15-4-2-3-5-16(15)22-14/h2-5,9-12H,6-8H2,1H3,(H,23,24)/b21-11-/t12-/m1/s1. The van der Waals surface area contributed by atoms with E-state index in [9.17, 15) is 4.79 Å². The van der Waals surface area contributed by atoms with Crippen LogP contribution in [-0.2, 0) is 12.8 Å². The number of hydrazone groups is 1. The van der Waals surface area contributed by atoms with Crippen molar-refractivity contribution >= 4 is 34.5 Å². The summed E-state index contributed by atoms with van der Waals surface area (Å²) in [6.45, 7) is 2.26. The minimum atomic E-state index is -0.169. The fourth-order valence-corrected chi connectivity index (χ4v) is 4.16. The Morgan fingerprint density at radius 1 is 1.36 bits per heavy atom. The van der Waals surface area contributed by atoms with Gasteiger partial charge in [0.15, 0.2) is 0 Å². The average molecular weight is 350 g/mol. The molecule has 2 heterocycles. The number of hydrogen-bond donors (Lipinski definition) is 1. The lowest BCUT2D eigenvalue weighted by Crippen LogP contribution is -2.16. The Kier molecular flexibility index (Phi) is 4.28. The molecule has 126 valence electrons. The van der Waals surface area contributed by atoms with Gasteiger partial charge in [-0.2, -0.15) is 5.10 Å². The Balaban J connectivity index is 1.45. The van der Waals surface area contributed by atoms with Crippen LogP contribution in [0.4, 0.5) is 0 Å². The molecule has 2 aromatic heterocycles. The molecule has 0 fully saturated rings. The number of nitrogens with zero attached hydrogens (tertiary/aromatic N) is 3. The minimum absolute atomic E-state index is 0.169. The Morgan fingerprint density at radius 2 is 2.20 bits per heavy atom.